The van der Waals surface area contributed by atoms with E-state index in [1.54, 1.807) is 0 Å². The van der Waals surface area contributed by atoms with Crippen molar-refractivity contribution < 1.29 is 4.79 Å². The topological polar surface area (TPSA) is 32.3 Å². The highest BCUT2D eigenvalue weighted by Crippen LogP contribution is 2.48. The van der Waals surface area contributed by atoms with Crippen molar-refractivity contribution >= 4 is 17.7 Å². The first-order chi connectivity index (χ1) is 7.65. The third-order valence-electron chi connectivity index (χ3n) is 3.85. The van der Waals surface area contributed by atoms with Gasteiger partial charge < -0.3 is 4.90 Å². The molecule has 2 fully saturated rings. The molecule has 2 atom stereocenters. The second kappa shape index (κ2) is 4.57. The average Bonchev–Trinajstić information content (AvgIpc) is 3.02. The molecule has 0 aromatic heterocycles. The van der Waals surface area contributed by atoms with Crippen molar-refractivity contribution in [3.63, 3.8) is 0 Å². The summed E-state index contributed by atoms with van der Waals surface area (Å²) >= 11 is 1.93. The maximum atomic E-state index is 12.2. The first kappa shape index (κ1) is 12.2. The van der Waals surface area contributed by atoms with Crippen molar-refractivity contribution in [2.45, 2.75) is 56.5 Å². The smallest absolute Gasteiger partial charge is 0.241 e. The van der Waals surface area contributed by atoms with Gasteiger partial charge in [-0.25, -0.2) is 0 Å². The molecular weight excluding hydrogens is 220 g/mol. The van der Waals surface area contributed by atoms with Gasteiger partial charge in [-0.3, -0.25) is 10.1 Å². The van der Waals surface area contributed by atoms with Gasteiger partial charge >= 0.3 is 0 Å². The highest BCUT2D eigenvalue weighted by Gasteiger charge is 2.48. The molecule has 0 radical (unpaired) electrons. The number of nitrogens with zero attached hydrogens (tertiary/aromatic N) is 1. The molecule has 1 saturated carbocycles. The first-order valence-corrected chi connectivity index (χ1v) is 7.50. The van der Waals surface area contributed by atoms with E-state index in [0.717, 1.165) is 19.4 Å². The maximum absolute atomic E-state index is 12.2. The van der Waals surface area contributed by atoms with Crippen LogP contribution in [0.2, 0.25) is 0 Å². The van der Waals surface area contributed by atoms with E-state index in [1.165, 1.54) is 12.8 Å². The molecule has 0 spiro atoms. The molecule has 1 aliphatic heterocycles. The van der Waals surface area contributed by atoms with Crippen LogP contribution in [-0.2, 0) is 4.79 Å². The maximum Gasteiger partial charge on any atom is 0.241 e. The van der Waals surface area contributed by atoms with E-state index < -0.39 is 0 Å². The molecule has 2 unspecified atom stereocenters. The number of hydrogen-bond acceptors (Lipinski definition) is 3. The lowest BCUT2D eigenvalue weighted by Gasteiger charge is -2.27. The number of amides is 1. The molecule has 1 amide bonds. The van der Waals surface area contributed by atoms with Crippen LogP contribution in [0.3, 0.4) is 0 Å². The molecule has 1 saturated heterocycles. The second-order valence-corrected chi connectivity index (χ2v) is 6.18. The second-order valence-electron chi connectivity index (χ2n) is 4.90. The van der Waals surface area contributed by atoms with Crippen LogP contribution < -0.4 is 5.32 Å². The van der Waals surface area contributed by atoms with Crippen LogP contribution in [0.1, 0.15) is 39.5 Å². The van der Waals surface area contributed by atoms with E-state index in [-0.39, 0.29) is 12.2 Å². The highest BCUT2D eigenvalue weighted by atomic mass is 32.2. The lowest BCUT2D eigenvalue weighted by Crippen LogP contribution is -2.41. The summed E-state index contributed by atoms with van der Waals surface area (Å²) in [4.78, 5) is 14.3. The van der Waals surface area contributed by atoms with Crippen molar-refractivity contribution in [2.24, 2.45) is 0 Å². The zero-order chi connectivity index (χ0) is 11.8. The zero-order valence-electron chi connectivity index (χ0n) is 10.5. The van der Waals surface area contributed by atoms with Gasteiger partial charge in [0.1, 0.15) is 0 Å². The third kappa shape index (κ3) is 2.09. The predicted octanol–water partition coefficient (Wildman–Crippen LogP) is 1.83. The summed E-state index contributed by atoms with van der Waals surface area (Å²) in [6.07, 6.45) is 6.88. The fourth-order valence-electron chi connectivity index (χ4n) is 2.44. The SMILES string of the molecule is CCC1NC(CC)N(CC2(SC)CC2)C1=O. The predicted molar refractivity (Wildman–Crippen MR) is 68.5 cm³/mol. The monoisotopic (exact) mass is 242 g/mol. The van der Waals surface area contributed by atoms with Crippen LogP contribution in [-0.4, -0.2) is 40.6 Å². The minimum Gasteiger partial charge on any atom is -0.324 e. The van der Waals surface area contributed by atoms with Crippen molar-refractivity contribution in [3.8, 4) is 0 Å². The average molecular weight is 242 g/mol. The summed E-state index contributed by atoms with van der Waals surface area (Å²) in [6.45, 7) is 5.16. The highest BCUT2D eigenvalue weighted by molar-refractivity contribution is 8.00. The number of hydrogen-bond donors (Lipinski definition) is 1. The van der Waals surface area contributed by atoms with Crippen LogP contribution in [0.5, 0.6) is 0 Å². The number of nitrogens with one attached hydrogen (secondary N) is 1. The van der Waals surface area contributed by atoms with E-state index in [9.17, 15) is 4.79 Å². The lowest BCUT2D eigenvalue weighted by molar-refractivity contribution is -0.130. The van der Waals surface area contributed by atoms with Crippen LogP contribution in [0.4, 0.5) is 0 Å². The Labute approximate surface area is 102 Å². The fourth-order valence-corrected chi connectivity index (χ4v) is 3.22. The lowest BCUT2D eigenvalue weighted by atomic mass is 10.2. The van der Waals surface area contributed by atoms with Crippen LogP contribution in [0.15, 0.2) is 0 Å². The summed E-state index contributed by atoms with van der Waals surface area (Å²) in [7, 11) is 0. The Bertz CT molecular complexity index is 278. The Morgan fingerprint density at radius 1 is 1.44 bits per heavy atom. The van der Waals surface area contributed by atoms with Gasteiger partial charge in [0, 0.05) is 11.3 Å². The first-order valence-electron chi connectivity index (χ1n) is 6.27. The Kier molecular flexibility index (Phi) is 3.50. The van der Waals surface area contributed by atoms with Gasteiger partial charge in [-0.05, 0) is 31.9 Å². The van der Waals surface area contributed by atoms with Crippen molar-refractivity contribution in [3.05, 3.63) is 0 Å². The molecule has 1 heterocycles. The molecule has 16 heavy (non-hydrogen) atoms. The Hall–Kier alpha value is -0.220. The molecule has 3 nitrogen and oxygen atoms in total. The van der Waals surface area contributed by atoms with E-state index in [4.69, 9.17) is 0 Å². The molecule has 1 aliphatic carbocycles. The van der Waals surface area contributed by atoms with Crippen molar-refractivity contribution in [1.29, 1.82) is 0 Å². The zero-order valence-corrected chi connectivity index (χ0v) is 11.3. The van der Waals surface area contributed by atoms with Gasteiger partial charge in [-0.1, -0.05) is 13.8 Å². The van der Waals surface area contributed by atoms with Gasteiger partial charge in [0.05, 0.1) is 12.2 Å². The number of carbonyl (C=O) groups is 1. The van der Waals surface area contributed by atoms with Crippen LogP contribution >= 0.6 is 11.8 Å². The Morgan fingerprint density at radius 3 is 2.56 bits per heavy atom. The van der Waals surface area contributed by atoms with Crippen LogP contribution in [0, 0.1) is 0 Å². The summed E-state index contributed by atoms with van der Waals surface area (Å²) in [5.74, 6) is 0.315. The van der Waals surface area contributed by atoms with Crippen LogP contribution in [0.25, 0.3) is 0 Å². The van der Waals surface area contributed by atoms with Gasteiger partial charge in [-0.2, -0.15) is 11.8 Å². The molecule has 4 heteroatoms. The molecule has 0 aromatic carbocycles. The number of thioether (sulfide) groups is 1. The van der Waals surface area contributed by atoms with Crippen molar-refractivity contribution in [1.82, 2.24) is 10.2 Å². The van der Waals surface area contributed by atoms with Crippen molar-refractivity contribution in [2.75, 3.05) is 12.8 Å². The summed E-state index contributed by atoms with van der Waals surface area (Å²) < 4.78 is 0.382. The number of rotatable bonds is 5. The van der Waals surface area contributed by atoms with Gasteiger partial charge in [0.15, 0.2) is 0 Å². The normalized spacial score (nSPS) is 32.2. The molecule has 0 aromatic rings. The largest absolute Gasteiger partial charge is 0.324 e. The summed E-state index contributed by atoms with van der Waals surface area (Å²) in [5.41, 5.74) is 0. The molecule has 2 rings (SSSR count). The van der Waals surface area contributed by atoms with E-state index in [2.05, 4.69) is 30.3 Å². The van der Waals surface area contributed by atoms with Gasteiger partial charge in [0.2, 0.25) is 5.91 Å². The molecule has 1 N–H and O–H groups in total. The van der Waals surface area contributed by atoms with E-state index >= 15 is 0 Å². The summed E-state index contributed by atoms with van der Waals surface area (Å²) in [5, 5.41) is 3.43. The Morgan fingerprint density at radius 2 is 2.12 bits per heavy atom. The molecule has 2 aliphatic rings. The third-order valence-corrected chi connectivity index (χ3v) is 5.25. The standard InChI is InChI=1S/C12H22N2OS/c1-4-9-11(15)14(10(5-2)13-9)8-12(16-3)6-7-12/h9-10,13H,4-8H2,1-3H3. The fraction of sp³-hybridized carbons (Fsp3) is 0.917. The quantitative estimate of drug-likeness (QED) is 0.798. The minimum absolute atomic E-state index is 0.0580. The minimum atomic E-state index is 0.0580. The van der Waals surface area contributed by atoms with Gasteiger partial charge in [0.25, 0.3) is 0 Å². The summed E-state index contributed by atoms with van der Waals surface area (Å²) in [6, 6.07) is 0.0580. The molecule has 92 valence electrons. The van der Waals surface area contributed by atoms with Gasteiger partial charge in [-0.15, -0.1) is 0 Å². The molecular formula is C12H22N2OS. The molecule has 0 bridgehead atoms. The Balaban J connectivity index is 2.03. The van der Waals surface area contributed by atoms with E-state index in [1.807, 2.05) is 11.8 Å². The van der Waals surface area contributed by atoms with E-state index in [0.29, 0.717) is 10.7 Å². The number of carbonyl (C=O) groups excluding carboxylic acids is 1.